The quantitative estimate of drug-likeness (QED) is 0.597. The lowest BCUT2D eigenvalue weighted by molar-refractivity contribution is -0.111. The molecule has 0 saturated carbocycles. The maximum Gasteiger partial charge on any atom is 0.123 e. The molecule has 2 heteroatoms. The van der Waals surface area contributed by atoms with E-state index < -0.39 is 0 Å². The fraction of sp³-hybridized carbons (Fsp3) is 0.481. The molecule has 0 aliphatic heterocycles. The molecule has 0 amide bonds. The molecule has 0 aromatic heterocycles. The van der Waals surface area contributed by atoms with E-state index in [1.165, 1.54) is 27.8 Å². The van der Waals surface area contributed by atoms with Crippen LogP contribution in [-0.4, -0.2) is 12.6 Å². The number of carbonyl (C=O) groups is 2. The van der Waals surface area contributed by atoms with Crippen molar-refractivity contribution in [2.75, 3.05) is 0 Å². The number of fused-ring (bicyclic) bond motifs is 1. The Balaban J connectivity index is 0.000000208. The molecule has 0 N–H and O–H groups in total. The van der Waals surface area contributed by atoms with Crippen LogP contribution in [0.3, 0.4) is 0 Å². The van der Waals surface area contributed by atoms with Gasteiger partial charge in [-0.1, -0.05) is 84.0 Å². The van der Waals surface area contributed by atoms with E-state index in [2.05, 4.69) is 84.0 Å². The summed E-state index contributed by atoms with van der Waals surface area (Å²) in [6.07, 6.45) is 5.41. The summed E-state index contributed by atoms with van der Waals surface area (Å²) >= 11 is 0. The summed E-state index contributed by atoms with van der Waals surface area (Å²) < 4.78 is 0. The Morgan fingerprint density at radius 2 is 1.34 bits per heavy atom. The van der Waals surface area contributed by atoms with Crippen molar-refractivity contribution >= 4 is 12.6 Å². The average Bonchev–Trinajstić information content (AvgIpc) is 3.08. The lowest BCUT2D eigenvalue weighted by Crippen LogP contribution is -2.11. The second-order valence-electron chi connectivity index (χ2n) is 10.2. The largest absolute Gasteiger partial charge is 0.303 e. The van der Waals surface area contributed by atoms with Crippen LogP contribution in [0.4, 0.5) is 0 Å². The van der Waals surface area contributed by atoms with Gasteiger partial charge in [0.25, 0.3) is 0 Å². The Bertz CT molecular complexity index is 817. The molecule has 0 fully saturated rings. The van der Waals surface area contributed by atoms with Crippen LogP contribution in [0.1, 0.15) is 75.8 Å². The summed E-state index contributed by atoms with van der Waals surface area (Å²) in [5, 5.41) is 0. The molecule has 3 rings (SSSR count). The molecular weight excluding hydrogens is 356 g/mol. The number of carbonyl (C=O) groups excluding carboxylic acids is 2. The summed E-state index contributed by atoms with van der Waals surface area (Å²) in [6, 6.07) is 15.2. The zero-order valence-electron chi connectivity index (χ0n) is 18.9. The molecule has 1 atom stereocenters. The van der Waals surface area contributed by atoms with Gasteiger partial charge in [0.1, 0.15) is 12.6 Å². The monoisotopic (exact) mass is 392 g/mol. The normalized spacial score (nSPS) is 15.9. The highest BCUT2D eigenvalue weighted by atomic mass is 16.1. The minimum atomic E-state index is 0.203. The maximum absolute atomic E-state index is 10.8. The van der Waals surface area contributed by atoms with Gasteiger partial charge in [0, 0.05) is 12.3 Å². The fourth-order valence-corrected chi connectivity index (χ4v) is 3.61. The van der Waals surface area contributed by atoms with Crippen molar-refractivity contribution < 1.29 is 9.59 Å². The zero-order valence-corrected chi connectivity index (χ0v) is 18.9. The average molecular weight is 393 g/mol. The number of aryl methyl sites for hydroxylation is 1. The topological polar surface area (TPSA) is 34.1 Å². The standard InChI is InChI=1S/C14H18O.C13H18O/c1-14(2,3)13-5-4-11-6-10(9-15)7-12(11)8-13;1-13(2,3)12-8-6-11(7-9-12)5-4-10-14/h4-5,8-10H,6-7H2,1-3H3;6-10H,4-5H2,1-3H3. The molecule has 2 nitrogen and oxygen atoms in total. The summed E-state index contributed by atoms with van der Waals surface area (Å²) in [5.41, 5.74) is 7.10. The van der Waals surface area contributed by atoms with Crippen molar-refractivity contribution in [1.29, 1.82) is 0 Å². The van der Waals surface area contributed by atoms with E-state index in [0.29, 0.717) is 6.42 Å². The highest BCUT2D eigenvalue weighted by Crippen LogP contribution is 2.30. The highest BCUT2D eigenvalue weighted by molar-refractivity contribution is 5.58. The fourth-order valence-electron chi connectivity index (χ4n) is 3.61. The summed E-state index contributed by atoms with van der Waals surface area (Å²) in [7, 11) is 0. The second-order valence-corrected chi connectivity index (χ2v) is 10.2. The smallest absolute Gasteiger partial charge is 0.123 e. The molecule has 0 saturated heterocycles. The molecule has 29 heavy (non-hydrogen) atoms. The van der Waals surface area contributed by atoms with Gasteiger partial charge in [-0.2, -0.15) is 0 Å². The summed E-state index contributed by atoms with van der Waals surface area (Å²) in [5.74, 6) is 0.218. The first-order chi connectivity index (χ1) is 13.5. The molecule has 1 unspecified atom stereocenters. The van der Waals surface area contributed by atoms with Crippen LogP contribution >= 0.6 is 0 Å². The van der Waals surface area contributed by atoms with Crippen LogP contribution in [0, 0.1) is 5.92 Å². The third-order valence-corrected chi connectivity index (χ3v) is 5.60. The molecule has 1 aliphatic carbocycles. The highest BCUT2D eigenvalue weighted by Gasteiger charge is 2.23. The van der Waals surface area contributed by atoms with Gasteiger partial charge in [0.05, 0.1) is 0 Å². The Morgan fingerprint density at radius 3 is 1.86 bits per heavy atom. The predicted molar refractivity (Wildman–Crippen MR) is 122 cm³/mol. The first-order valence-electron chi connectivity index (χ1n) is 10.6. The van der Waals surface area contributed by atoms with E-state index in [-0.39, 0.29) is 16.7 Å². The van der Waals surface area contributed by atoms with Gasteiger partial charge in [0.15, 0.2) is 0 Å². The van der Waals surface area contributed by atoms with Crippen molar-refractivity contribution in [1.82, 2.24) is 0 Å². The van der Waals surface area contributed by atoms with Gasteiger partial charge >= 0.3 is 0 Å². The zero-order chi connectivity index (χ0) is 21.7. The lowest BCUT2D eigenvalue weighted by atomic mass is 9.85. The van der Waals surface area contributed by atoms with Crippen LogP contribution in [-0.2, 0) is 39.7 Å². The van der Waals surface area contributed by atoms with Gasteiger partial charge < -0.3 is 9.59 Å². The second kappa shape index (κ2) is 9.52. The molecular formula is C27H36O2. The van der Waals surface area contributed by atoms with Crippen LogP contribution < -0.4 is 0 Å². The number of benzene rings is 2. The Labute approximate surface area is 176 Å². The minimum Gasteiger partial charge on any atom is -0.303 e. The molecule has 0 heterocycles. The van der Waals surface area contributed by atoms with Crippen molar-refractivity contribution in [3.8, 4) is 0 Å². The first-order valence-corrected chi connectivity index (χ1v) is 10.6. The molecule has 156 valence electrons. The number of hydrogen-bond donors (Lipinski definition) is 0. The van der Waals surface area contributed by atoms with Gasteiger partial charge in [-0.3, -0.25) is 0 Å². The third-order valence-electron chi connectivity index (χ3n) is 5.60. The Morgan fingerprint density at radius 1 is 0.793 bits per heavy atom. The van der Waals surface area contributed by atoms with E-state index in [4.69, 9.17) is 0 Å². The van der Waals surface area contributed by atoms with Gasteiger partial charge in [-0.05, 0) is 57.9 Å². The van der Waals surface area contributed by atoms with E-state index in [0.717, 1.165) is 31.8 Å². The van der Waals surface area contributed by atoms with E-state index in [1.54, 1.807) is 0 Å². The number of rotatable bonds is 4. The van der Waals surface area contributed by atoms with Crippen LogP contribution in [0.25, 0.3) is 0 Å². The van der Waals surface area contributed by atoms with Gasteiger partial charge in [0.2, 0.25) is 0 Å². The van der Waals surface area contributed by atoms with E-state index in [9.17, 15) is 9.59 Å². The molecule has 0 spiro atoms. The van der Waals surface area contributed by atoms with Gasteiger partial charge in [-0.25, -0.2) is 0 Å². The lowest BCUT2D eigenvalue weighted by Gasteiger charge is -2.19. The van der Waals surface area contributed by atoms with Gasteiger partial charge in [-0.15, -0.1) is 0 Å². The summed E-state index contributed by atoms with van der Waals surface area (Å²) in [6.45, 7) is 13.3. The van der Waals surface area contributed by atoms with Crippen LogP contribution in [0.2, 0.25) is 0 Å². The Hall–Kier alpha value is -2.22. The molecule has 2 aromatic carbocycles. The van der Waals surface area contributed by atoms with Crippen LogP contribution in [0.5, 0.6) is 0 Å². The van der Waals surface area contributed by atoms with Crippen LogP contribution in [0.15, 0.2) is 42.5 Å². The first kappa shape index (κ1) is 23.1. The molecule has 1 aliphatic rings. The van der Waals surface area contributed by atoms with Crippen molar-refractivity contribution in [3.05, 3.63) is 70.3 Å². The predicted octanol–water partition coefficient (Wildman–Crippen LogP) is 6.01. The minimum absolute atomic E-state index is 0.203. The maximum atomic E-state index is 10.8. The third kappa shape index (κ3) is 6.66. The Kier molecular flexibility index (Phi) is 7.57. The van der Waals surface area contributed by atoms with Crippen molar-refractivity contribution in [2.24, 2.45) is 5.92 Å². The van der Waals surface area contributed by atoms with Crippen molar-refractivity contribution in [3.63, 3.8) is 0 Å². The SMILES string of the molecule is CC(C)(C)c1ccc(CCC=O)cc1.CC(C)(C)c1ccc2c(c1)CC(C=O)C2. The number of aldehydes is 2. The number of hydrogen-bond acceptors (Lipinski definition) is 2. The summed E-state index contributed by atoms with van der Waals surface area (Å²) in [4.78, 5) is 21.0. The van der Waals surface area contributed by atoms with Crippen molar-refractivity contribution in [2.45, 2.75) is 78.1 Å². The van der Waals surface area contributed by atoms with E-state index >= 15 is 0 Å². The molecule has 0 bridgehead atoms. The van der Waals surface area contributed by atoms with E-state index in [1.807, 2.05) is 0 Å². The molecule has 2 aromatic rings. The molecule has 0 radical (unpaired) electrons.